The van der Waals surface area contributed by atoms with E-state index in [1.807, 2.05) is 0 Å². The monoisotopic (exact) mass is 402 g/mol. The molecule has 1 aromatic rings. The molecule has 138 valence electrons. The quantitative estimate of drug-likeness (QED) is 0.568. The molecular weight excluding hydrogens is 365 g/mol. The average molecular weight is 401 g/mol. The van der Waals surface area contributed by atoms with Crippen LogP contribution in [0.25, 0.3) is 0 Å². The first-order valence-electron chi connectivity index (χ1n) is 10.8. The van der Waals surface area contributed by atoms with Gasteiger partial charge in [-0.3, -0.25) is 0 Å². The third kappa shape index (κ3) is 2.44. The summed E-state index contributed by atoms with van der Waals surface area (Å²) in [4.78, 5) is 0. The fourth-order valence-corrected chi connectivity index (χ4v) is 18.9. The van der Waals surface area contributed by atoms with Gasteiger partial charge in [0.25, 0.3) is 0 Å². The van der Waals surface area contributed by atoms with Gasteiger partial charge in [0, 0.05) is 0 Å². The first kappa shape index (κ1) is 18.1. The Kier molecular flexibility index (Phi) is 4.64. The van der Waals surface area contributed by atoms with E-state index in [9.17, 15) is 5.11 Å². The molecule has 25 heavy (non-hydrogen) atoms. The number of aliphatic hydroxyl groups is 1. The van der Waals surface area contributed by atoms with Gasteiger partial charge in [0.1, 0.15) is 0 Å². The van der Waals surface area contributed by atoms with Gasteiger partial charge in [0.2, 0.25) is 0 Å². The van der Waals surface area contributed by atoms with Gasteiger partial charge in [-0.1, -0.05) is 0 Å². The topological polar surface area (TPSA) is 20.2 Å². The van der Waals surface area contributed by atoms with Gasteiger partial charge in [-0.05, 0) is 0 Å². The zero-order chi connectivity index (χ0) is 17.7. The Morgan fingerprint density at radius 2 is 1.32 bits per heavy atom. The van der Waals surface area contributed by atoms with Gasteiger partial charge in [0.05, 0.1) is 0 Å². The third-order valence-electron chi connectivity index (χ3n) is 8.80. The van der Waals surface area contributed by atoms with E-state index in [2.05, 4.69) is 51.1 Å². The van der Waals surface area contributed by atoms with Gasteiger partial charge in [-0.2, -0.15) is 0 Å². The molecule has 4 fully saturated rings. The van der Waals surface area contributed by atoms with Crippen LogP contribution in [0.3, 0.4) is 0 Å². The second-order valence-electron chi connectivity index (χ2n) is 9.62. The van der Waals surface area contributed by atoms with Crippen LogP contribution in [0.4, 0.5) is 0 Å². The summed E-state index contributed by atoms with van der Waals surface area (Å²) >= 11 is -2.48. The number of benzene rings is 1. The summed E-state index contributed by atoms with van der Waals surface area (Å²) < 4.78 is -0.497. The Hall–Kier alpha value is -0.277. The van der Waals surface area contributed by atoms with Crippen molar-refractivity contribution in [1.82, 2.24) is 0 Å². The van der Waals surface area contributed by atoms with E-state index in [0.29, 0.717) is 0 Å². The molecule has 1 nitrogen and oxygen atoms in total. The molecule has 5 rings (SSSR count). The second-order valence-corrected chi connectivity index (χ2v) is 21.0. The minimum absolute atomic E-state index is 0.186. The SMILES string of the molecule is C[CH2][Ge]([CH2]C)([CH2]C)[C](O)(c1ccccc1)C12CC3CC(CC(C3)C1)C2. The van der Waals surface area contributed by atoms with E-state index in [4.69, 9.17) is 0 Å². The van der Waals surface area contributed by atoms with Crippen molar-refractivity contribution < 1.29 is 5.11 Å². The van der Waals surface area contributed by atoms with Crippen LogP contribution in [0.15, 0.2) is 30.3 Å². The molecule has 4 aliphatic carbocycles. The van der Waals surface area contributed by atoms with Crippen molar-refractivity contribution in [3.63, 3.8) is 0 Å². The van der Waals surface area contributed by atoms with Crippen LogP contribution in [0, 0.1) is 23.2 Å². The molecule has 0 aliphatic heterocycles. The summed E-state index contributed by atoms with van der Waals surface area (Å²) in [6.45, 7) is 7.17. The molecule has 1 unspecified atom stereocenters. The van der Waals surface area contributed by atoms with Crippen LogP contribution >= 0.6 is 0 Å². The van der Waals surface area contributed by atoms with Crippen molar-refractivity contribution >= 4 is 13.3 Å². The molecule has 0 saturated heterocycles. The van der Waals surface area contributed by atoms with Crippen molar-refractivity contribution in [3.05, 3.63) is 35.9 Å². The van der Waals surface area contributed by atoms with E-state index in [-0.39, 0.29) is 5.41 Å². The normalized spacial score (nSPS) is 36.4. The van der Waals surface area contributed by atoms with E-state index < -0.39 is 17.7 Å². The van der Waals surface area contributed by atoms with Crippen molar-refractivity contribution in [2.75, 3.05) is 0 Å². The molecule has 1 atom stereocenters. The van der Waals surface area contributed by atoms with Crippen LogP contribution < -0.4 is 0 Å². The second kappa shape index (κ2) is 6.41. The summed E-state index contributed by atoms with van der Waals surface area (Å²) in [5, 5.41) is 16.6. The summed E-state index contributed by atoms with van der Waals surface area (Å²) in [7, 11) is 0. The predicted octanol–water partition coefficient (Wildman–Crippen LogP) is 6.14. The molecule has 0 amide bonds. The molecule has 2 heteroatoms. The van der Waals surface area contributed by atoms with Crippen LogP contribution in [-0.2, 0) is 4.43 Å². The summed E-state index contributed by atoms with van der Waals surface area (Å²) in [6, 6.07) is 11.0. The Morgan fingerprint density at radius 3 is 1.72 bits per heavy atom. The third-order valence-corrected chi connectivity index (χ3v) is 22.3. The first-order valence-corrected chi connectivity index (χ1v) is 16.3. The van der Waals surface area contributed by atoms with E-state index in [1.165, 1.54) is 59.8 Å². The molecule has 0 heterocycles. The van der Waals surface area contributed by atoms with Gasteiger partial charge >= 0.3 is 157 Å². The van der Waals surface area contributed by atoms with Crippen molar-refractivity contribution in [2.45, 2.75) is 79.5 Å². The maximum atomic E-state index is 12.8. The molecule has 1 aromatic carbocycles. The van der Waals surface area contributed by atoms with Crippen LogP contribution in [-0.4, -0.2) is 18.4 Å². The van der Waals surface area contributed by atoms with Crippen molar-refractivity contribution in [2.24, 2.45) is 23.2 Å². The fraction of sp³-hybridized carbons (Fsp3) is 0.739. The summed E-state index contributed by atoms with van der Waals surface area (Å²) in [5.41, 5.74) is 1.47. The molecular formula is C23H36GeO. The Balaban J connectivity index is 1.90. The zero-order valence-corrected chi connectivity index (χ0v) is 18.5. The van der Waals surface area contributed by atoms with Gasteiger partial charge in [0.15, 0.2) is 0 Å². The average Bonchev–Trinajstić information content (AvgIpc) is 2.63. The minimum atomic E-state index is -2.48. The summed E-state index contributed by atoms with van der Waals surface area (Å²) in [5.74, 6) is 2.69. The number of hydrogen-bond donors (Lipinski definition) is 1. The predicted molar refractivity (Wildman–Crippen MR) is 108 cm³/mol. The Bertz CT molecular complexity index is 562. The van der Waals surface area contributed by atoms with Crippen molar-refractivity contribution in [1.29, 1.82) is 0 Å². The van der Waals surface area contributed by atoms with E-state index >= 15 is 0 Å². The molecule has 4 saturated carbocycles. The summed E-state index contributed by atoms with van der Waals surface area (Å²) in [6.07, 6.45) is 8.27. The maximum absolute atomic E-state index is 12.8. The van der Waals surface area contributed by atoms with Crippen LogP contribution in [0.5, 0.6) is 0 Å². The van der Waals surface area contributed by atoms with Crippen LogP contribution in [0.2, 0.25) is 15.8 Å². The molecule has 4 bridgehead atoms. The van der Waals surface area contributed by atoms with Crippen LogP contribution in [0.1, 0.15) is 64.9 Å². The molecule has 1 N–H and O–H groups in total. The number of rotatable bonds is 6. The molecule has 4 aliphatic rings. The van der Waals surface area contributed by atoms with E-state index in [1.54, 1.807) is 0 Å². The van der Waals surface area contributed by atoms with Gasteiger partial charge in [-0.25, -0.2) is 0 Å². The van der Waals surface area contributed by atoms with Gasteiger partial charge in [-0.15, -0.1) is 0 Å². The number of hydrogen-bond acceptors (Lipinski definition) is 1. The Labute approximate surface area is 157 Å². The molecule has 0 radical (unpaired) electrons. The standard InChI is InChI=1S/C23H36GeO/c1-4-24(5-2,6-3)23(25,21-10-8-7-9-11-21)22-15-18-12-19(16-22)14-20(13-18)17-22/h7-11,18-20,25H,4-6,12-17H2,1-3H3. The molecule has 0 spiro atoms. The first-order chi connectivity index (χ1) is 12.0. The Morgan fingerprint density at radius 1 is 0.880 bits per heavy atom. The van der Waals surface area contributed by atoms with Gasteiger partial charge < -0.3 is 0 Å². The van der Waals surface area contributed by atoms with Crippen molar-refractivity contribution in [3.8, 4) is 0 Å². The van der Waals surface area contributed by atoms with E-state index in [0.717, 1.165) is 17.8 Å². The fourth-order valence-electron chi connectivity index (χ4n) is 7.93. The molecule has 0 aromatic heterocycles. The zero-order valence-electron chi connectivity index (χ0n) is 16.4.